The molecule has 0 aliphatic rings. The molecule has 0 spiro atoms. The van der Waals surface area contributed by atoms with Crippen molar-refractivity contribution in [2.75, 3.05) is 0 Å². The molecule has 35 heavy (non-hydrogen) atoms. The van der Waals surface area contributed by atoms with Crippen molar-refractivity contribution in [3.05, 3.63) is 90.0 Å². The number of rotatable bonds is 10. The first-order valence-corrected chi connectivity index (χ1v) is 11.5. The van der Waals surface area contributed by atoms with E-state index in [1.54, 1.807) is 0 Å². The lowest BCUT2D eigenvalue weighted by Crippen LogP contribution is -2.45. The second kappa shape index (κ2) is 11.2. The molecule has 1 atom stereocenters. The lowest BCUT2D eigenvalue weighted by Gasteiger charge is -2.29. The van der Waals surface area contributed by atoms with Gasteiger partial charge in [-0.25, -0.2) is 4.79 Å². The molecule has 0 radical (unpaired) electrons. The average molecular weight is 470 g/mol. The van der Waals surface area contributed by atoms with Crippen molar-refractivity contribution in [2.24, 2.45) is 0 Å². The van der Waals surface area contributed by atoms with Crippen LogP contribution in [0.25, 0.3) is 22.5 Å². The monoisotopic (exact) mass is 469 g/mol. The minimum atomic E-state index is -1.01. The Balaban J connectivity index is 1.60. The van der Waals surface area contributed by atoms with Crippen molar-refractivity contribution in [2.45, 2.75) is 38.8 Å². The standard InChI is InChI=1S/C27H27N5O3/c1-2-8-25(33)32(24(27(34)35)17-19-9-4-3-5-10-19)18-20-13-15-21(16-14-20)22-11-6-7-12-23(22)26-28-30-31-29-26/h3-7,9-16,24H,2,8,17-18H2,1H3,(H,34,35)(H,28,29,30,31)/t24-/m1/s1. The highest BCUT2D eigenvalue weighted by Crippen LogP contribution is 2.30. The third-order valence-electron chi connectivity index (χ3n) is 5.85. The molecule has 2 N–H and O–H groups in total. The number of carboxylic acids is 1. The van der Waals surface area contributed by atoms with Gasteiger partial charge in [-0.1, -0.05) is 85.8 Å². The molecule has 8 heteroatoms. The van der Waals surface area contributed by atoms with Gasteiger partial charge in [0.2, 0.25) is 11.7 Å². The average Bonchev–Trinajstić information content (AvgIpc) is 3.42. The largest absolute Gasteiger partial charge is 0.480 e. The lowest BCUT2D eigenvalue weighted by molar-refractivity contribution is -0.150. The molecule has 3 aromatic carbocycles. The van der Waals surface area contributed by atoms with Gasteiger partial charge in [0.15, 0.2) is 0 Å². The molecule has 1 aromatic heterocycles. The molecular weight excluding hydrogens is 442 g/mol. The normalized spacial score (nSPS) is 11.7. The Labute approximate surface area is 203 Å². The van der Waals surface area contributed by atoms with E-state index in [1.807, 2.05) is 85.8 Å². The minimum absolute atomic E-state index is 0.164. The topological polar surface area (TPSA) is 112 Å². The van der Waals surface area contributed by atoms with Crippen LogP contribution in [0.4, 0.5) is 0 Å². The number of carbonyl (C=O) groups is 2. The first-order valence-electron chi connectivity index (χ1n) is 11.5. The number of tetrazole rings is 1. The molecule has 0 aliphatic carbocycles. The van der Waals surface area contributed by atoms with Gasteiger partial charge < -0.3 is 10.0 Å². The van der Waals surface area contributed by atoms with Gasteiger partial charge in [0.05, 0.1) is 0 Å². The number of H-pyrrole nitrogens is 1. The van der Waals surface area contributed by atoms with E-state index in [0.717, 1.165) is 27.8 Å². The van der Waals surface area contributed by atoms with E-state index in [4.69, 9.17) is 0 Å². The van der Waals surface area contributed by atoms with Gasteiger partial charge in [0.1, 0.15) is 6.04 Å². The third-order valence-corrected chi connectivity index (χ3v) is 5.85. The number of aliphatic carboxylic acids is 1. The summed E-state index contributed by atoms with van der Waals surface area (Å²) in [6.45, 7) is 2.13. The van der Waals surface area contributed by atoms with Crippen molar-refractivity contribution < 1.29 is 14.7 Å². The number of carboxylic acid groups (broad SMARTS) is 1. The van der Waals surface area contributed by atoms with Crippen molar-refractivity contribution in [1.29, 1.82) is 0 Å². The summed E-state index contributed by atoms with van der Waals surface area (Å²) < 4.78 is 0. The molecule has 4 aromatic rings. The van der Waals surface area contributed by atoms with E-state index in [0.29, 0.717) is 18.7 Å². The summed E-state index contributed by atoms with van der Waals surface area (Å²) >= 11 is 0. The summed E-state index contributed by atoms with van der Waals surface area (Å²) in [4.78, 5) is 26.7. The lowest BCUT2D eigenvalue weighted by atomic mass is 9.98. The van der Waals surface area contributed by atoms with Gasteiger partial charge in [-0.3, -0.25) is 4.79 Å². The van der Waals surface area contributed by atoms with Gasteiger partial charge >= 0.3 is 5.97 Å². The Hall–Kier alpha value is -4.33. The maximum atomic E-state index is 13.0. The van der Waals surface area contributed by atoms with Crippen LogP contribution in [0.2, 0.25) is 0 Å². The Kier molecular flexibility index (Phi) is 7.62. The zero-order valence-electron chi connectivity index (χ0n) is 19.5. The summed E-state index contributed by atoms with van der Waals surface area (Å²) in [6, 6.07) is 24.0. The zero-order chi connectivity index (χ0) is 24.6. The number of nitrogens with zero attached hydrogens (tertiary/aromatic N) is 4. The zero-order valence-corrected chi connectivity index (χ0v) is 19.5. The number of aromatic amines is 1. The first-order chi connectivity index (χ1) is 17.1. The highest BCUT2D eigenvalue weighted by Gasteiger charge is 2.29. The molecule has 8 nitrogen and oxygen atoms in total. The Morgan fingerprint density at radius 3 is 2.23 bits per heavy atom. The predicted octanol–water partition coefficient (Wildman–Crippen LogP) is 4.36. The number of carbonyl (C=O) groups excluding carboxylic acids is 1. The fourth-order valence-corrected chi connectivity index (χ4v) is 4.09. The molecule has 0 aliphatic heterocycles. The molecule has 0 saturated carbocycles. The highest BCUT2D eigenvalue weighted by molar-refractivity contribution is 5.84. The van der Waals surface area contributed by atoms with Crippen LogP contribution >= 0.6 is 0 Å². The van der Waals surface area contributed by atoms with Crippen LogP contribution in [-0.2, 0) is 22.6 Å². The SMILES string of the molecule is CCCC(=O)N(Cc1ccc(-c2ccccc2-c2nn[nH]n2)cc1)[C@H](Cc1ccccc1)C(=O)O. The van der Waals surface area contributed by atoms with E-state index < -0.39 is 12.0 Å². The highest BCUT2D eigenvalue weighted by atomic mass is 16.4. The van der Waals surface area contributed by atoms with E-state index in [9.17, 15) is 14.7 Å². The quantitative estimate of drug-likeness (QED) is 0.357. The maximum absolute atomic E-state index is 13.0. The molecule has 0 bridgehead atoms. The Morgan fingerprint density at radius 1 is 0.914 bits per heavy atom. The molecule has 1 amide bonds. The summed E-state index contributed by atoms with van der Waals surface area (Å²) in [5.74, 6) is -0.669. The van der Waals surface area contributed by atoms with Crippen LogP contribution in [-0.4, -0.2) is 48.5 Å². The summed E-state index contributed by atoms with van der Waals surface area (Å²) in [7, 11) is 0. The molecular formula is C27H27N5O3. The van der Waals surface area contributed by atoms with Crippen LogP contribution in [0.5, 0.6) is 0 Å². The van der Waals surface area contributed by atoms with Crippen LogP contribution in [0.3, 0.4) is 0 Å². The number of hydrogen-bond acceptors (Lipinski definition) is 5. The second-order valence-corrected chi connectivity index (χ2v) is 8.29. The van der Waals surface area contributed by atoms with Crippen LogP contribution in [0, 0.1) is 0 Å². The fraction of sp³-hybridized carbons (Fsp3) is 0.222. The Morgan fingerprint density at radius 2 is 1.60 bits per heavy atom. The van der Waals surface area contributed by atoms with Gasteiger partial charge in [0, 0.05) is 24.9 Å². The van der Waals surface area contributed by atoms with Gasteiger partial charge in [-0.15, -0.1) is 10.2 Å². The fourth-order valence-electron chi connectivity index (χ4n) is 4.09. The number of benzene rings is 3. The first kappa shape index (κ1) is 23.8. The van der Waals surface area contributed by atoms with Crippen LogP contribution < -0.4 is 0 Å². The minimum Gasteiger partial charge on any atom is -0.480 e. The van der Waals surface area contributed by atoms with Crippen molar-refractivity contribution in [1.82, 2.24) is 25.5 Å². The molecule has 178 valence electrons. The number of amides is 1. The number of hydrogen-bond donors (Lipinski definition) is 2. The summed E-state index contributed by atoms with van der Waals surface area (Å²) in [5.41, 5.74) is 4.49. The van der Waals surface area contributed by atoms with Crippen LogP contribution in [0.15, 0.2) is 78.9 Å². The van der Waals surface area contributed by atoms with Crippen LogP contribution in [0.1, 0.15) is 30.9 Å². The van der Waals surface area contributed by atoms with Crippen molar-refractivity contribution in [3.8, 4) is 22.5 Å². The molecule has 4 rings (SSSR count). The maximum Gasteiger partial charge on any atom is 0.326 e. The van der Waals surface area contributed by atoms with Gasteiger partial charge in [0.25, 0.3) is 0 Å². The smallest absolute Gasteiger partial charge is 0.326 e. The van der Waals surface area contributed by atoms with E-state index in [2.05, 4.69) is 20.6 Å². The summed E-state index contributed by atoms with van der Waals surface area (Å²) in [6.07, 6.45) is 1.20. The van der Waals surface area contributed by atoms with Gasteiger partial charge in [-0.05, 0) is 33.9 Å². The van der Waals surface area contributed by atoms with E-state index in [1.165, 1.54) is 4.90 Å². The summed E-state index contributed by atoms with van der Waals surface area (Å²) in [5, 5.41) is 24.3. The molecule has 0 unspecified atom stereocenters. The number of aromatic nitrogens is 4. The third kappa shape index (κ3) is 5.78. The molecule has 0 saturated heterocycles. The van der Waals surface area contributed by atoms with E-state index in [-0.39, 0.29) is 18.9 Å². The molecule has 0 fully saturated rings. The number of nitrogens with one attached hydrogen (secondary N) is 1. The van der Waals surface area contributed by atoms with Crippen molar-refractivity contribution >= 4 is 11.9 Å². The van der Waals surface area contributed by atoms with E-state index >= 15 is 0 Å². The molecule has 1 heterocycles. The predicted molar refractivity (Wildman–Crippen MR) is 132 cm³/mol. The van der Waals surface area contributed by atoms with Gasteiger partial charge in [-0.2, -0.15) is 5.21 Å². The second-order valence-electron chi connectivity index (χ2n) is 8.29. The van der Waals surface area contributed by atoms with Crippen molar-refractivity contribution in [3.63, 3.8) is 0 Å². The Bertz CT molecular complexity index is 1260.